The summed E-state index contributed by atoms with van der Waals surface area (Å²) in [5.41, 5.74) is 13.8. The molecule has 0 radical (unpaired) electrons. The predicted molar refractivity (Wildman–Crippen MR) is 132 cm³/mol. The molecule has 8 nitrogen and oxygen atoms in total. The van der Waals surface area contributed by atoms with Gasteiger partial charge in [-0.2, -0.15) is 0 Å². The van der Waals surface area contributed by atoms with Gasteiger partial charge < -0.3 is 11.5 Å². The van der Waals surface area contributed by atoms with E-state index in [2.05, 4.69) is 0 Å². The molecule has 0 aliphatic carbocycles. The van der Waals surface area contributed by atoms with Gasteiger partial charge in [-0.15, -0.1) is 47.0 Å². The highest BCUT2D eigenvalue weighted by Crippen LogP contribution is 2.44. The van der Waals surface area contributed by atoms with E-state index in [4.69, 9.17) is 23.2 Å². The molecule has 0 aromatic heterocycles. The zero-order valence-corrected chi connectivity index (χ0v) is 20.2. The fourth-order valence-electron chi connectivity index (χ4n) is 2.82. The van der Waals surface area contributed by atoms with Crippen molar-refractivity contribution >= 4 is 70.5 Å². The summed E-state index contributed by atoms with van der Waals surface area (Å²) in [6.45, 7) is 0. The number of carbonyl (C=O) groups excluding carboxylic acids is 2. The van der Waals surface area contributed by atoms with Crippen molar-refractivity contribution in [1.29, 1.82) is 0 Å². The van der Waals surface area contributed by atoms with E-state index in [0.717, 1.165) is 40.7 Å². The number of hydrogen-bond acceptors (Lipinski definition) is 8. The number of thioether (sulfide) groups is 4. The van der Waals surface area contributed by atoms with Crippen LogP contribution in [0.4, 0.5) is 21.0 Å². The number of nitrogens with zero attached hydrogens (tertiary/aromatic N) is 2. The third-order valence-corrected chi connectivity index (χ3v) is 7.25. The van der Waals surface area contributed by atoms with Crippen LogP contribution in [0.5, 0.6) is 0 Å². The summed E-state index contributed by atoms with van der Waals surface area (Å²) < 4.78 is 0. The van der Waals surface area contributed by atoms with Gasteiger partial charge in [0.25, 0.3) is 0 Å². The molecule has 0 aliphatic rings. The Morgan fingerprint density at radius 1 is 0.633 bits per heavy atom. The molecule has 30 heavy (non-hydrogen) atoms. The lowest BCUT2D eigenvalue weighted by atomic mass is 10.0. The van der Waals surface area contributed by atoms with Gasteiger partial charge in [-0.25, -0.2) is 31.3 Å². The molecule has 8 N–H and O–H groups in total. The minimum absolute atomic E-state index is 0.569. The van der Waals surface area contributed by atoms with E-state index in [-0.39, 0.29) is 0 Å². The van der Waals surface area contributed by atoms with Gasteiger partial charge in [-0.1, -0.05) is 0 Å². The first-order chi connectivity index (χ1) is 14.2. The summed E-state index contributed by atoms with van der Waals surface area (Å²) in [4.78, 5) is 26.6. The molecule has 0 saturated carbocycles. The van der Waals surface area contributed by atoms with E-state index in [1.54, 1.807) is 0 Å². The summed E-state index contributed by atoms with van der Waals surface area (Å²) in [5.74, 6) is 11.8. The van der Waals surface area contributed by atoms with Crippen LogP contribution in [0, 0.1) is 0 Å². The van der Waals surface area contributed by atoms with Crippen LogP contribution in [-0.4, -0.2) is 37.1 Å². The van der Waals surface area contributed by atoms with E-state index >= 15 is 0 Å². The van der Waals surface area contributed by atoms with Gasteiger partial charge in [0.1, 0.15) is 0 Å². The first-order valence-electron chi connectivity index (χ1n) is 8.41. The fourth-order valence-corrected chi connectivity index (χ4v) is 5.53. The lowest BCUT2D eigenvalue weighted by molar-refractivity contribution is 0.253. The number of nitrogens with two attached hydrogens (primary N) is 4. The molecule has 2 aromatic carbocycles. The molecule has 0 bridgehead atoms. The second-order valence-corrected chi connectivity index (χ2v) is 9.27. The van der Waals surface area contributed by atoms with Gasteiger partial charge in [0.2, 0.25) is 0 Å². The molecular formula is C18H24N6O2S4. The molecule has 4 amide bonds. The van der Waals surface area contributed by atoms with E-state index < -0.39 is 12.1 Å². The second kappa shape index (κ2) is 10.6. The maximum atomic E-state index is 11.7. The third kappa shape index (κ3) is 4.95. The SMILES string of the molecule is CSc1cc(-c2cc(SC)c(N(N)C(N)=O)c(SC)c2)cc(SC)c1N(N)C(N)=O. The Balaban J connectivity index is 2.75. The van der Waals surface area contributed by atoms with E-state index in [1.165, 1.54) is 47.0 Å². The van der Waals surface area contributed by atoms with Crippen LogP contribution in [0.1, 0.15) is 0 Å². The third-order valence-electron chi connectivity index (χ3n) is 4.25. The molecule has 0 spiro atoms. The van der Waals surface area contributed by atoms with Crippen molar-refractivity contribution in [3.63, 3.8) is 0 Å². The van der Waals surface area contributed by atoms with Crippen LogP contribution >= 0.6 is 47.0 Å². The summed E-state index contributed by atoms with van der Waals surface area (Å²) in [6, 6.07) is 6.36. The lowest BCUT2D eigenvalue weighted by Crippen LogP contribution is -2.42. The first-order valence-corrected chi connectivity index (χ1v) is 13.3. The van der Waals surface area contributed by atoms with Crippen LogP contribution in [0.25, 0.3) is 11.1 Å². The molecule has 0 unspecified atom stereocenters. The minimum atomic E-state index is -0.735. The molecule has 0 fully saturated rings. The van der Waals surface area contributed by atoms with Crippen LogP contribution in [0.3, 0.4) is 0 Å². The molecule has 0 atom stereocenters. The highest BCUT2D eigenvalue weighted by molar-refractivity contribution is 8.00. The smallest absolute Gasteiger partial charge is 0.333 e. The van der Waals surface area contributed by atoms with Crippen molar-refractivity contribution in [2.75, 3.05) is 35.0 Å². The number of anilines is 2. The van der Waals surface area contributed by atoms with Crippen LogP contribution in [0.2, 0.25) is 0 Å². The molecule has 0 saturated heterocycles. The number of hydrogen-bond donors (Lipinski definition) is 4. The number of carbonyl (C=O) groups is 2. The van der Waals surface area contributed by atoms with Crippen molar-refractivity contribution in [3.05, 3.63) is 24.3 Å². The Morgan fingerprint density at radius 3 is 1.03 bits per heavy atom. The average Bonchev–Trinajstić information content (AvgIpc) is 2.75. The number of hydrazine groups is 2. The fraction of sp³-hybridized carbons (Fsp3) is 0.222. The van der Waals surface area contributed by atoms with Gasteiger partial charge >= 0.3 is 12.1 Å². The summed E-state index contributed by atoms with van der Waals surface area (Å²) in [7, 11) is 0. The minimum Gasteiger partial charge on any atom is -0.350 e. The van der Waals surface area contributed by atoms with Crippen molar-refractivity contribution < 1.29 is 9.59 Å². The monoisotopic (exact) mass is 484 g/mol. The molecule has 2 aromatic rings. The zero-order valence-electron chi connectivity index (χ0n) is 17.0. The highest BCUT2D eigenvalue weighted by atomic mass is 32.2. The number of primary amides is 2. The van der Waals surface area contributed by atoms with Gasteiger partial charge in [0.05, 0.1) is 11.4 Å². The normalized spacial score (nSPS) is 10.7. The molecule has 12 heteroatoms. The van der Waals surface area contributed by atoms with Crippen molar-refractivity contribution in [2.45, 2.75) is 19.6 Å². The lowest BCUT2D eigenvalue weighted by Gasteiger charge is -2.23. The van der Waals surface area contributed by atoms with Crippen molar-refractivity contribution in [1.82, 2.24) is 0 Å². The van der Waals surface area contributed by atoms with Gasteiger partial charge in [0, 0.05) is 19.6 Å². The Labute approximate surface area is 192 Å². The van der Waals surface area contributed by atoms with Gasteiger partial charge in [0.15, 0.2) is 0 Å². The number of amides is 4. The van der Waals surface area contributed by atoms with Crippen LogP contribution < -0.4 is 33.2 Å². The standard InChI is InChI=1S/C18H24N6O2S4/c1-27-11-5-9(6-12(28-2)15(11)23(21)17(19)25)10-7-13(29-3)16(14(8-10)30-4)24(22)18(20)26/h5-8H,21-22H2,1-4H3,(H2,19,25)(H2,20,26). The van der Waals surface area contributed by atoms with Gasteiger partial charge in [-0.3, -0.25) is 0 Å². The van der Waals surface area contributed by atoms with Crippen LogP contribution in [-0.2, 0) is 0 Å². The zero-order chi connectivity index (χ0) is 22.6. The van der Waals surface area contributed by atoms with Crippen molar-refractivity contribution in [2.24, 2.45) is 23.2 Å². The van der Waals surface area contributed by atoms with Gasteiger partial charge in [-0.05, 0) is 60.4 Å². The van der Waals surface area contributed by atoms with Crippen molar-refractivity contribution in [3.8, 4) is 11.1 Å². The largest absolute Gasteiger partial charge is 0.350 e. The number of urea groups is 2. The van der Waals surface area contributed by atoms with E-state index in [1.807, 2.05) is 49.3 Å². The average molecular weight is 485 g/mol. The molecular weight excluding hydrogens is 461 g/mol. The quantitative estimate of drug-likeness (QED) is 0.201. The summed E-state index contributed by atoms with van der Waals surface area (Å²) in [6.07, 6.45) is 7.63. The second-order valence-electron chi connectivity index (χ2n) is 5.88. The Bertz CT molecular complexity index is 844. The van der Waals surface area contributed by atoms with Crippen LogP contribution in [0.15, 0.2) is 43.8 Å². The summed E-state index contributed by atoms with van der Waals surface area (Å²) >= 11 is 5.88. The Hall–Kier alpha value is -1.70. The van der Waals surface area contributed by atoms with E-state index in [9.17, 15) is 9.59 Å². The topological polar surface area (TPSA) is 145 Å². The highest BCUT2D eigenvalue weighted by Gasteiger charge is 2.22. The first kappa shape index (κ1) is 24.6. The maximum Gasteiger partial charge on any atom is 0.333 e. The summed E-state index contributed by atoms with van der Waals surface area (Å²) in [5, 5.41) is 1.93. The molecule has 2 rings (SSSR count). The predicted octanol–water partition coefficient (Wildman–Crippen LogP) is 3.76. The molecule has 0 aliphatic heterocycles. The number of rotatable bonds is 7. The molecule has 162 valence electrons. The Kier molecular flexibility index (Phi) is 8.64. The maximum absolute atomic E-state index is 11.7. The number of benzene rings is 2. The Morgan fingerprint density at radius 2 is 0.867 bits per heavy atom. The molecule has 0 heterocycles. The van der Waals surface area contributed by atoms with E-state index in [0.29, 0.717) is 11.4 Å².